The summed E-state index contributed by atoms with van der Waals surface area (Å²) in [5.74, 6) is 0.461. The molecule has 168 valence electrons. The van der Waals surface area contributed by atoms with Gasteiger partial charge in [0.15, 0.2) is 0 Å². The van der Waals surface area contributed by atoms with Gasteiger partial charge in [-0.25, -0.2) is 0 Å². The number of aryl methyl sites for hydroxylation is 1. The minimum Gasteiger partial charge on any atom is -0.467 e. The maximum atomic E-state index is 13.3. The van der Waals surface area contributed by atoms with Crippen LogP contribution in [0.2, 0.25) is 0 Å². The van der Waals surface area contributed by atoms with Crippen LogP contribution in [0.5, 0.6) is 0 Å². The van der Waals surface area contributed by atoms with Crippen LogP contribution in [0.4, 0.5) is 0 Å². The Morgan fingerprint density at radius 3 is 2.50 bits per heavy atom. The van der Waals surface area contributed by atoms with Gasteiger partial charge in [-0.1, -0.05) is 30.3 Å². The average Bonchev–Trinajstić information content (AvgIpc) is 3.36. The molecule has 0 N–H and O–H groups in total. The van der Waals surface area contributed by atoms with Crippen molar-refractivity contribution in [1.29, 1.82) is 0 Å². The highest BCUT2D eigenvalue weighted by molar-refractivity contribution is 5.86. The normalized spacial score (nSPS) is 13.2. The second kappa shape index (κ2) is 10.3. The summed E-state index contributed by atoms with van der Waals surface area (Å²) in [4.78, 5) is 29.6. The lowest BCUT2D eigenvalue weighted by molar-refractivity contribution is -0.144. The zero-order chi connectivity index (χ0) is 22.3. The van der Waals surface area contributed by atoms with Crippen LogP contribution < -0.4 is 0 Å². The third-order valence-electron chi connectivity index (χ3n) is 5.63. The smallest absolute Gasteiger partial charge is 0.249 e. The second-order valence-electron chi connectivity index (χ2n) is 8.17. The Bertz CT molecular complexity index is 1010. The van der Waals surface area contributed by atoms with E-state index in [1.165, 1.54) is 0 Å². The summed E-state index contributed by atoms with van der Waals surface area (Å²) in [6, 6.07) is 17.5. The van der Waals surface area contributed by atoms with Crippen molar-refractivity contribution in [1.82, 2.24) is 14.4 Å². The van der Waals surface area contributed by atoms with Crippen molar-refractivity contribution in [3.8, 4) is 0 Å². The zero-order valence-electron chi connectivity index (χ0n) is 18.4. The number of benzene rings is 1. The van der Waals surface area contributed by atoms with Crippen LogP contribution in [0.25, 0.3) is 0 Å². The van der Waals surface area contributed by atoms with Crippen molar-refractivity contribution < 1.29 is 18.7 Å². The van der Waals surface area contributed by atoms with Crippen LogP contribution >= 0.6 is 0 Å². The molecule has 0 saturated heterocycles. The first-order valence-corrected chi connectivity index (χ1v) is 10.9. The van der Waals surface area contributed by atoms with Crippen LogP contribution in [-0.2, 0) is 41.1 Å². The van der Waals surface area contributed by atoms with E-state index in [0.29, 0.717) is 25.5 Å². The van der Waals surface area contributed by atoms with Crippen LogP contribution in [0.3, 0.4) is 0 Å². The Morgan fingerprint density at radius 2 is 1.84 bits per heavy atom. The molecule has 1 fully saturated rings. The molecule has 0 unspecified atom stereocenters. The van der Waals surface area contributed by atoms with Crippen LogP contribution in [-0.4, -0.2) is 45.4 Å². The maximum Gasteiger partial charge on any atom is 0.249 e. The van der Waals surface area contributed by atoms with Gasteiger partial charge in [-0.2, -0.15) is 0 Å². The fourth-order valence-electron chi connectivity index (χ4n) is 3.65. The number of hydrogen-bond donors (Lipinski definition) is 0. The van der Waals surface area contributed by atoms with Crippen LogP contribution in [0, 0.1) is 0 Å². The molecule has 4 rings (SSSR count). The van der Waals surface area contributed by atoms with Crippen molar-refractivity contribution in [2.24, 2.45) is 7.05 Å². The number of rotatable bonds is 11. The Labute approximate surface area is 188 Å². The number of aromatic nitrogens is 1. The number of carbonyl (C=O) groups excluding carboxylic acids is 2. The van der Waals surface area contributed by atoms with E-state index >= 15 is 0 Å². The van der Waals surface area contributed by atoms with Gasteiger partial charge in [-0.3, -0.25) is 9.59 Å². The molecule has 0 bridgehead atoms. The van der Waals surface area contributed by atoms with E-state index in [-0.39, 0.29) is 31.0 Å². The molecular formula is C25H29N3O4. The number of nitrogens with zero attached hydrogens (tertiary/aromatic N) is 3. The minimum atomic E-state index is -0.145. The molecule has 7 nitrogen and oxygen atoms in total. The van der Waals surface area contributed by atoms with Gasteiger partial charge >= 0.3 is 0 Å². The molecule has 3 aromatic rings. The first-order valence-electron chi connectivity index (χ1n) is 10.9. The first-order chi connectivity index (χ1) is 15.6. The summed E-state index contributed by atoms with van der Waals surface area (Å²) >= 11 is 0. The molecule has 7 heteroatoms. The maximum absolute atomic E-state index is 13.3. The summed E-state index contributed by atoms with van der Waals surface area (Å²) < 4.78 is 13.1. The van der Waals surface area contributed by atoms with Gasteiger partial charge in [0.1, 0.15) is 18.9 Å². The molecule has 0 aliphatic heterocycles. The zero-order valence-corrected chi connectivity index (χ0v) is 18.4. The predicted molar refractivity (Wildman–Crippen MR) is 119 cm³/mol. The molecule has 1 aromatic carbocycles. The highest BCUT2D eigenvalue weighted by Gasteiger charge is 2.35. The summed E-state index contributed by atoms with van der Waals surface area (Å²) in [5, 5.41) is 0. The largest absolute Gasteiger partial charge is 0.467 e. The summed E-state index contributed by atoms with van der Waals surface area (Å²) in [5.41, 5.74) is 2.03. The van der Waals surface area contributed by atoms with Gasteiger partial charge in [-0.05, 0) is 42.7 Å². The minimum absolute atomic E-state index is 0.0331. The summed E-state index contributed by atoms with van der Waals surface area (Å²) in [7, 11) is 1.95. The lowest BCUT2D eigenvalue weighted by Gasteiger charge is -2.27. The van der Waals surface area contributed by atoms with Gasteiger partial charge < -0.3 is 23.5 Å². The van der Waals surface area contributed by atoms with Crippen molar-refractivity contribution in [3.63, 3.8) is 0 Å². The van der Waals surface area contributed by atoms with Gasteiger partial charge in [0.05, 0.1) is 26.0 Å². The topological polar surface area (TPSA) is 67.9 Å². The third kappa shape index (κ3) is 5.88. The van der Waals surface area contributed by atoms with Gasteiger partial charge in [0, 0.05) is 25.0 Å². The number of furan rings is 1. The van der Waals surface area contributed by atoms with Crippen LogP contribution in [0.1, 0.15) is 29.9 Å². The van der Waals surface area contributed by atoms with Crippen molar-refractivity contribution in [2.75, 3.05) is 13.2 Å². The molecule has 1 aliphatic carbocycles. The molecule has 2 heterocycles. The van der Waals surface area contributed by atoms with Crippen molar-refractivity contribution in [3.05, 3.63) is 84.1 Å². The molecule has 2 amide bonds. The Balaban J connectivity index is 1.38. The summed E-state index contributed by atoms with van der Waals surface area (Å²) in [6.45, 7) is 1.18. The van der Waals surface area contributed by atoms with Gasteiger partial charge in [0.25, 0.3) is 0 Å². The van der Waals surface area contributed by atoms with Crippen LogP contribution in [0.15, 0.2) is 71.5 Å². The molecule has 1 aliphatic rings. The predicted octanol–water partition coefficient (Wildman–Crippen LogP) is 3.35. The third-order valence-corrected chi connectivity index (χ3v) is 5.63. The number of ether oxygens (including phenoxy) is 1. The van der Waals surface area contributed by atoms with E-state index in [4.69, 9.17) is 9.15 Å². The highest BCUT2D eigenvalue weighted by Crippen LogP contribution is 2.27. The highest BCUT2D eigenvalue weighted by atomic mass is 16.5. The van der Waals surface area contributed by atoms with Gasteiger partial charge in [-0.15, -0.1) is 0 Å². The molecule has 0 radical (unpaired) electrons. The Hall–Kier alpha value is -3.32. The monoisotopic (exact) mass is 435 g/mol. The Morgan fingerprint density at radius 1 is 1.03 bits per heavy atom. The lowest BCUT2D eigenvalue weighted by Crippen LogP contribution is -2.44. The van der Waals surface area contributed by atoms with E-state index in [9.17, 15) is 9.59 Å². The average molecular weight is 436 g/mol. The standard InChI is InChI=1S/C25H29N3O4/c1-26-13-5-9-22(26)15-27(16-23-10-6-14-32-23)24(29)17-28(21-11-12-21)25(30)19-31-18-20-7-3-2-4-8-20/h2-10,13-14,21H,11-12,15-19H2,1H3. The fourth-order valence-corrected chi connectivity index (χ4v) is 3.65. The number of amides is 2. The molecule has 1 saturated carbocycles. The summed E-state index contributed by atoms with van der Waals surface area (Å²) in [6.07, 6.45) is 5.40. The second-order valence-corrected chi connectivity index (χ2v) is 8.17. The molecule has 0 spiro atoms. The number of hydrogen-bond acceptors (Lipinski definition) is 4. The van der Waals surface area contributed by atoms with Crippen molar-refractivity contribution in [2.45, 2.75) is 38.6 Å². The van der Waals surface area contributed by atoms with Gasteiger partial charge in [0.2, 0.25) is 11.8 Å². The molecular weight excluding hydrogens is 406 g/mol. The molecule has 0 atom stereocenters. The Kier molecular flexibility index (Phi) is 7.07. The quantitative estimate of drug-likeness (QED) is 0.463. The number of carbonyl (C=O) groups is 2. The van der Waals surface area contributed by atoms with E-state index in [0.717, 1.165) is 24.1 Å². The fraction of sp³-hybridized carbons (Fsp3) is 0.360. The van der Waals surface area contributed by atoms with E-state index in [1.54, 1.807) is 16.1 Å². The van der Waals surface area contributed by atoms with Crippen molar-refractivity contribution >= 4 is 11.8 Å². The SMILES string of the molecule is Cn1cccc1CN(Cc1ccco1)C(=O)CN(C(=O)COCc1ccccc1)C1CC1. The van der Waals surface area contributed by atoms with E-state index < -0.39 is 0 Å². The molecule has 32 heavy (non-hydrogen) atoms. The van der Waals surface area contributed by atoms with E-state index in [1.807, 2.05) is 72.4 Å². The molecule has 2 aromatic heterocycles. The lowest BCUT2D eigenvalue weighted by atomic mass is 10.2. The van der Waals surface area contributed by atoms with E-state index in [2.05, 4.69) is 0 Å². The first kappa shape index (κ1) is 21.9.